The van der Waals surface area contributed by atoms with Gasteiger partial charge in [0.05, 0.1) is 24.0 Å². The van der Waals surface area contributed by atoms with E-state index in [1.54, 1.807) is 24.3 Å². The quantitative estimate of drug-likeness (QED) is 0.896. The lowest BCUT2D eigenvalue weighted by Crippen LogP contribution is -2.40. The largest absolute Gasteiger partial charge is 0.481 e. The van der Waals surface area contributed by atoms with Gasteiger partial charge in [0, 0.05) is 10.7 Å². The van der Waals surface area contributed by atoms with Gasteiger partial charge in [-0.05, 0) is 37.1 Å². The highest BCUT2D eigenvalue weighted by Gasteiger charge is 2.55. The van der Waals surface area contributed by atoms with Crippen LogP contribution in [0.15, 0.2) is 24.3 Å². The second-order valence-electron chi connectivity index (χ2n) is 5.18. The van der Waals surface area contributed by atoms with E-state index in [9.17, 15) is 14.7 Å². The summed E-state index contributed by atoms with van der Waals surface area (Å²) in [4.78, 5) is 23.6. The average Bonchev–Trinajstić information content (AvgIpc) is 3.01. The van der Waals surface area contributed by atoms with E-state index in [4.69, 9.17) is 16.3 Å². The summed E-state index contributed by atoms with van der Waals surface area (Å²) in [6, 6.07) is 6.71. The van der Waals surface area contributed by atoms with E-state index in [0.717, 1.165) is 6.42 Å². The van der Waals surface area contributed by atoms with E-state index in [1.165, 1.54) is 0 Å². The molecule has 5 nitrogen and oxygen atoms in total. The van der Waals surface area contributed by atoms with Crippen molar-refractivity contribution < 1.29 is 19.4 Å². The fraction of sp³-hybridized carbons (Fsp3) is 0.429. The summed E-state index contributed by atoms with van der Waals surface area (Å²) >= 11 is 5.78. The molecule has 20 heavy (non-hydrogen) atoms. The molecule has 6 heteroatoms. The Morgan fingerprint density at radius 1 is 1.15 bits per heavy atom. The molecule has 2 fully saturated rings. The number of nitrogens with one attached hydrogen (secondary N) is 1. The van der Waals surface area contributed by atoms with Crippen molar-refractivity contribution in [2.75, 3.05) is 5.32 Å². The van der Waals surface area contributed by atoms with Crippen LogP contribution in [0.5, 0.6) is 0 Å². The van der Waals surface area contributed by atoms with Gasteiger partial charge in [-0.15, -0.1) is 0 Å². The molecule has 1 aromatic carbocycles. The van der Waals surface area contributed by atoms with Gasteiger partial charge in [-0.2, -0.15) is 0 Å². The number of hydrogen-bond donors (Lipinski definition) is 2. The van der Waals surface area contributed by atoms with E-state index in [1.807, 2.05) is 0 Å². The predicted octanol–water partition coefficient (Wildman–Crippen LogP) is 2.16. The molecule has 0 aromatic heterocycles. The highest BCUT2D eigenvalue weighted by Crippen LogP contribution is 2.44. The SMILES string of the molecule is O=C(Nc1ccc(Cl)cc1)[C@@H]1[C@@H](C(=O)O)[C@H]2CC[C@@H]1O2. The molecule has 1 aromatic rings. The lowest BCUT2D eigenvalue weighted by atomic mass is 9.78. The van der Waals surface area contributed by atoms with E-state index in [-0.39, 0.29) is 18.1 Å². The van der Waals surface area contributed by atoms with Gasteiger partial charge in [-0.1, -0.05) is 11.6 Å². The van der Waals surface area contributed by atoms with Crippen molar-refractivity contribution in [2.24, 2.45) is 11.8 Å². The Hall–Kier alpha value is -1.59. The van der Waals surface area contributed by atoms with Gasteiger partial charge in [-0.25, -0.2) is 0 Å². The number of rotatable bonds is 3. The van der Waals surface area contributed by atoms with Crippen LogP contribution in [0, 0.1) is 11.8 Å². The molecule has 0 spiro atoms. The first-order valence-electron chi connectivity index (χ1n) is 6.51. The number of fused-ring (bicyclic) bond motifs is 2. The second-order valence-corrected chi connectivity index (χ2v) is 5.61. The number of hydrogen-bond acceptors (Lipinski definition) is 3. The van der Waals surface area contributed by atoms with Crippen LogP contribution in [0.4, 0.5) is 5.69 Å². The maximum absolute atomic E-state index is 12.3. The zero-order valence-electron chi connectivity index (χ0n) is 10.6. The number of carboxylic acids is 1. The molecule has 3 rings (SSSR count). The molecule has 4 atom stereocenters. The topological polar surface area (TPSA) is 75.6 Å². The number of anilines is 1. The van der Waals surface area contributed by atoms with Crippen molar-refractivity contribution >= 4 is 29.2 Å². The van der Waals surface area contributed by atoms with Crippen molar-refractivity contribution in [3.05, 3.63) is 29.3 Å². The van der Waals surface area contributed by atoms with E-state index < -0.39 is 17.8 Å². The number of aliphatic carboxylic acids is 1. The zero-order valence-corrected chi connectivity index (χ0v) is 11.3. The first-order valence-corrected chi connectivity index (χ1v) is 6.89. The van der Waals surface area contributed by atoms with Gasteiger partial charge < -0.3 is 15.2 Å². The molecule has 0 radical (unpaired) electrons. The number of halogens is 1. The Labute approximate surface area is 120 Å². The van der Waals surface area contributed by atoms with Crippen molar-refractivity contribution in [3.8, 4) is 0 Å². The third-order valence-corrected chi connectivity index (χ3v) is 4.22. The van der Waals surface area contributed by atoms with Crippen LogP contribution >= 0.6 is 11.6 Å². The fourth-order valence-corrected chi connectivity index (χ4v) is 3.21. The summed E-state index contributed by atoms with van der Waals surface area (Å²) in [5, 5.41) is 12.6. The van der Waals surface area contributed by atoms with E-state index in [2.05, 4.69) is 5.32 Å². The van der Waals surface area contributed by atoms with Gasteiger partial charge in [0.1, 0.15) is 0 Å². The van der Waals surface area contributed by atoms with Crippen LogP contribution in [-0.4, -0.2) is 29.2 Å². The molecule has 2 aliphatic rings. The van der Waals surface area contributed by atoms with E-state index in [0.29, 0.717) is 17.1 Å². The number of carboxylic acid groups (broad SMARTS) is 1. The van der Waals surface area contributed by atoms with Crippen LogP contribution in [-0.2, 0) is 14.3 Å². The minimum Gasteiger partial charge on any atom is -0.481 e. The molecular weight excluding hydrogens is 282 g/mol. The smallest absolute Gasteiger partial charge is 0.310 e. The molecule has 106 valence electrons. The normalized spacial score (nSPS) is 31.2. The van der Waals surface area contributed by atoms with Gasteiger partial charge in [-0.3, -0.25) is 9.59 Å². The summed E-state index contributed by atoms with van der Waals surface area (Å²) in [6.07, 6.45) is 0.839. The molecule has 0 saturated carbocycles. The number of ether oxygens (including phenoxy) is 1. The molecule has 2 N–H and O–H groups in total. The number of carbonyl (C=O) groups is 2. The summed E-state index contributed by atoms with van der Waals surface area (Å²) in [5.74, 6) is -2.64. The van der Waals surface area contributed by atoms with Crippen molar-refractivity contribution in [2.45, 2.75) is 25.0 Å². The Bertz CT molecular complexity index is 545. The lowest BCUT2D eigenvalue weighted by Gasteiger charge is -2.23. The first-order chi connectivity index (χ1) is 9.56. The summed E-state index contributed by atoms with van der Waals surface area (Å²) in [6.45, 7) is 0. The van der Waals surface area contributed by atoms with Crippen LogP contribution in [0.2, 0.25) is 5.02 Å². The predicted molar refractivity (Wildman–Crippen MR) is 72.6 cm³/mol. The lowest BCUT2D eigenvalue weighted by molar-refractivity contribution is -0.147. The first kappa shape index (κ1) is 13.4. The average molecular weight is 296 g/mol. The molecule has 2 aliphatic heterocycles. The number of amides is 1. The van der Waals surface area contributed by atoms with Crippen molar-refractivity contribution in [1.29, 1.82) is 0 Å². The molecule has 2 saturated heterocycles. The maximum Gasteiger partial charge on any atom is 0.310 e. The summed E-state index contributed by atoms with van der Waals surface area (Å²) in [5.41, 5.74) is 0.603. The minimum absolute atomic E-state index is 0.284. The Morgan fingerprint density at radius 2 is 1.75 bits per heavy atom. The number of benzene rings is 1. The summed E-state index contributed by atoms with van der Waals surface area (Å²) < 4.78 is 5.57. The molecular formula is C14H14ClNO4. The Morgan fingerprint density at radius 3 is 2.35 bits per heavy atom. The van der Waals surface area contributed by atoms with Crippen LogP contribution in [0.3, 0.4) is 0 Å². The van der Waals surface area contributed by atoms with Gasteiger partial charge in [0.2, 0.25) is 5.91 Å². The molecule has 2 heterocycles. The third kappa shape index (κ3) is 2.27. The van der Waals surface area contributed by atoms with Gasteiger partial charge >= 0.3 is 5.97 Å². The summed E-state index contributed by atoms with van der Waals surface area (Å²) in [7, 11) is 0. The van der Waals surface area contributed by atoms with E-state index >= 15 is 0 Å². The van der Waals surface area contributed by atoms with Crippen molar-refractivity contribution in [1.82, 2.24) is 0 Å². The fourth-order valence-electron chi connectivity index (χ4n) is 3.08. The van der Waals surface area contributed by atoms with Crippen LogP contribution in [0.25, 0.3) is 0 Å². The standard InChI is InChI=1S/C14H14ClNO4/c15-7-1-3-8(4-2-7)16-13(17)11-9-5-6-10(20-9)12(11)14(18)19/h1-4,9-12H,5-6H2,(H,16,17)(H,18,19)/t9-,10+,11-,12-/m0/s1. The highest BCUT2D eigenvalue weighted by molar-refractivity contribution is 6.30. The molecule has 1 amide bonds. The van der Waals surface area contributed by atoms with Gasteiger partial charge in [0.25, 0.3) is 0 Å². The number of carbonyl (C=O) groups excluding carboxylic acids is 1. The molecule has 0 unspecified atom stereocenters. The highest BCUT2D eigenvalue weighted by atomic mass is 35.5. The molecule has 0 aliphatic carbocycles. The minimum atomic E-state index is -0.964. The monoisotopic (exact) mass is 295 g/mol. The van der Waals surface area contributed by atoms with Crippen LogP contribution < -0.4 is 5.32 Å². The van der Waals surface area contributed by atoms with Crippen LogP contribution in [0.1, 0.15) is 12.8 Å². The second kappa shape index (κ2) is 5.07. The third-order valence-electron chi connectivity index (χ3n) is 3.97. The van der Waals surface area contributed by atoms with Gasteiger partial charge in [0.15, 0.2) is 0 Å². The molecule has 2 bridgehead atoms. The van der Waals surface area contributed by atoms with Crippen molar-refractivity contribution in [3.63, 3.8) is 0 Å². The maximum atomic E-state index is 12.3. The Balaban J connectivity index is 1.76. The Kier molecular flexibility index (Phi) is 3.40. The zero-order chi connectivity index (χ0) is 14.3.